The van der Waals surface area contributed by atoms with E-state index in [0.29, 0.717) is 0 Å². The summed E-state index contributed by atoms with van der Waals surface area (Å²) in [7, 11) is 0. The number of hydrogen-bond donors (Lipinski definition) is 2. The molecule has 0 spiro atoms. The van der Waals surface area contributed by atoms with Crippen LogP contribution in [0, 0.1) is 0 Å². The number of pyridine rings is 1. The highest BCUT2D eigenvalue weighted by Gasteiger charge is 2.05. The van der Waals surface area contributed by atoms with E-state index in [2.05, 4.69) is 20.6 Å². The first-order chi connectivity index (χ1) is 10.7. The Hall–Kier alpha value is -2.73. The summed E-state index contributed by atoms with van der Waals surface area (Å²) in [6.45, 7) is 1.49. The number of anilines is 3. The molecule has 2 N–H and O–H groups in total. The highest BCUT2D eigenvalue weighted by Crippen LogP contribution is 2.27. The molecule has 0 aliphatic rings. The maximum atomic E-state index is 11.1. The lowest BCUT2D eigenvalue weighted by molar-refractivity contribution is -0.114. The molecule has 0 aliphatic heterocycles. The Balaban J connectivity index is 1.77. The van der Waals surface area contributed by atoms with Crippen LogP contribution in [-0.4, -0.2) is 15.9 Å². The monoisotopic (exact) mass is 310 g/mol. The topological polar surface area (TPSA) is 66.9 Å². The van der Waals surface area contributed by atoms with Crippen molar-refractivity contribution in [2.75, 3.05) is 10.6 Å². The molecule has 0 fully saturated rings. The number of nitrogens with zero attached hydrogens (tertiary/aromatic N) is 2. The molecule has 2 aromatic heterocycles. The zero-order chi connectivity index (χ0) is 15.4. The number of rotatable bonds is 4. The maximum Gasteiger partial charge on any atom is 0.221 e. The van der Waals surface area contributed by atoms with Crippen molar-refractivity contribution in [2.24, 2.45) is 0 Å². The molecule has 1 aromatic carbocycles. The number of aromatic nitrogens is 2. The van der Waals surface area contributed by atoms with Gasteiger partial charge < -0.3 is 10.6 Å². The minimum atomic E-state index is -0.0923. The molecule has 110 valence electrons. The van der Waals surface area contributed by atoms with Gasteiger partial charge in [0.25, 0.3) is 0 Å². The third kappa shape index (κ3) is 3.48. The van der Waals surface area contributed by atoms with Crippen molar-refractivity contribution >= 4 is 33.8 Å². The van der Waals surface area contributed by atoms with Crippen LogP contribution in [0.2, 0.25) is 0 Å². The Morgan fingerprint density at radius 2 is 2.05 bits per heavy atom. The molecule has 3 rings (SSSR count). The molecule has 0 aliphatic carbocycles. The van der Waals surface area contributed by atoms with Crippen molar-refractivity contribution in [3.8, 4) is 11.3 Å². The maximum absolute atomic E-state index is 11.1. The quantitative estimate of drug-likeness (QED) is 0.767. The summed E-state index contributed by atoms with van der Waals surface area (Å²) in [6, 6.07) is 11.4. The van der Waals surface area contributed by atoms with E-state index in [1.54, 1.807) is 12.4 Å². The average molecular weight is 310 g/mol. The van der Waals surface area contributed by atoms with E-state index in [9.17, 15) is 4.79 Å². The minimum Gasteiger partial charge on any atom is -0.331 e. The zero-order valence-corrected chi connectivity index (χ0v) is 12.7. The van der Waals surface area contributed by atoms with Gasteiger partial charge in [-0.25, -0.2) is 4.98 Å². The van der Waals surface area contributed by atoms with Crippen LogP contribution in [0.15, 0.2) is 54.2 Å². The fourth-order valence-corrected chi connectivity index (χ4v) is 2.72. The van der Waals surface area contributed by atoms with Crippen molar-refractivity contribution in [1.29, 1.82) is 0 Å². The van der Waals surface area contributed by atoms with Crippen molar-refractivity contribution in [2.45, 2.75) is 6.92 Å². The smallest absolute Gasteiger partial charge is 0.221 e. The highest BCUT2D eigenvalue weighted by molar-refractivity contribution is 7.14. The van der Waals surface area contributed by atoms with Crippen LogP contribution in [0.4, 0.5) is 16.5 Å². The molecular weight excluding hydrogens is 296 g/mol. The number of nitrogens with one attached hydrogen (secondary N) is 2. The second-order valence-corrected chi connectivity index (χ2v) is 5.52. The first-order valence-corrected chi connectivity index (χ1v) is 7.59. The van der Waals surface area contributed by atoms with Crippen molar-refractivity contribution < 1.29 is 4.79 Å². The van der Waals surface area contributed by atoms with Crippen LogP contribution < -0.4 is 10.6 Å². The Morgan fingerprint density at radius 3 is 2.82 bits per heavy atom. The summed E-state index contributed by atoms with van der Waals surface area (Å²) < 4.78 is 0. The molecule has 0 radical (unpaired) electrons. The Bertz CT molecular complexity index is 786. The van der Waals surface area contributed by atoms with Crippen molar-refractivity contribution in [1.82, 2.24) is 9.97 Å². The molecule has 0 atom stereocenters. The lowest BCUT2D eigenvalue weighted by Gasteiger charge is -2.06. The molecule has 1 amide bonds. The third-order valence-electron chi connectivity index (χ3n) is 2.90. The van der Waals surface area contributed by atoms with Crippen molar-refractivity contribution in [3.63, 3.8) is 0 Å². The number of hydrogen-bond acceptors (Lipinski definition) is 5. The van der Waals surface area contributed by atoms with Gasteiger partial charge in [0.15, 0.2) is 5.13 Å². The fraction of sp³-hybridized carbons (Fsp3) is 0.0625. The van der Waals surface area contributed by atoms with Gasteiger partial charge >= 0.3 is 0 Å². The van der Waals surface area contributed by atoms with E-state index in [1.165, 1.54) is 18.3 Å². The van der Waals surface area contributed by atoms with E-state index in [1.807, 2.05) is 41.8 Å². The van der Waals surface area contributed by atoms with Crippen LogP contribution in [0.5, 0.6) is 0 Å². The highest BCUT2D eigenvalue weighted by atomic mass is 32.1. The second-order valence-electron chi connectivity index (χ2n) is 4.67. The van der Waals surface area contributed by atoms with Gasteiger partial charge in [-0.15, -0.1) is 11.3 Å². The summed E-state index contributed by atoms with van der Waals surface area (Å²) in [5.74, 6) is -0.0923. The van der Waals surface area contributed by atoms with Gasteiger partial charge in [-0.1, -0.05) is 6.07 Å². The van der Waals surface area contributed by atoms with Crippen molar-refractivity contribution in [3.05, 3.63) is 54.2 Å². The summed E-state index contributed by atoms with van der Waals surface area (Å²) in [5, 5.41) is 8.77. The average Bonchev–Trinajstić information content (AvgIpc) is 2.96. The van der Waals surface area contributed by atoms with E-state index in [0.717, 1.165) is 27.8 Å². The minimum absolute atomic E-state index is 0.0923. The number of benzene rings is 1. The fourth-order valence-electron chi connectivity index (χ4n) is 1.98. The largest absolute Gasteiger partial charge is 0.331 e. The van der Waals surface area contributed by atoms with E-state index >= 15 is 0 Å². The van der Waals surface area contributed by atoms with Gasteiger partial charge in [0, 0.05) is 41.6 Å². The summed E-state index contributed by atoms with van der Waals surface area (Å²) in [5.41, 5.74) is 3.50. The molecule has 3 aromatic rings. The molecule has 22 heavy (non-hydrogen) atoms. The Labute approximate surface area is 132 Å². The normalized spacial score (nSPS) is 10.2. The van der Waals surface area contributed by atoms with Gasteiger partial charge in [0.2, 0.25) is 5.91 Å². The van der Waals surface area contributed by atoms with E-state index in [4.69, 9.17) is 0 Å². The van der Waals surface area contributed by atoms with Crippen LogP contribution in [-0.2, 0) is 4.79 Å². The number of carbonyl (C=O) groups excluding carboxylic acids is 1. The second kappa shape index (κ2) is 6.36. The molecular formula is C16H14N4OS. The molecule has 0 saturated heterocycles. The number of amides is 1. The first-order valence-electron chi connectivity index (χ1n) is 6.71. The van der Waals surface area contributed by atoms with Crippen LogP contribution in [0.1, 0.15) is 6.92 Å². The SMILES string of the molecule is CC(=O)Nc1cccc(Nc2nc(-c3cccnc3)cs2)c1. The Morgan fingerprint density at radius 1 is 1.18 bits per heavy atom. The number of carbonyl (C=O) groups is 1. The van der Waals surface area contributed by atoms with Gasteiger partial charge in [-0.2, -0.15) is 0 Å². The van der Waals surface area contributed by atoms with E-state index < -0.39 is 0 Å². The zero-order valence-electron chi connectivity index (χ0n) is 11.9. The standard InChI is InChI=1S/C16H14N4OS/c1-11(21)18-13-5-2-6-14(8-13)19-16-20-15(10-22-16)12-4-3-7-17-9-12/h2-10H,1H3,(H,18,21)(H,19,20). The molecule has 2 heterocycles. The Kier molecular flexibility index (Phi) is 4.11. The summed E-state index contributed by atoms with van der Waals surface area (Å²) in [4.78, 5) is 19.7. The first kappa shape index (κ1) is 14.2. The van der Waals surface area contributed by atoms with Gasteiger partial charge in [0.05, 0.1) is 5.69 Å². The molecule has 6 heteroatoms. The van der Waals surface area contributed by atoms with Crippen LogP contribution in [0.25, 0.3) is 11.3 Å². The van der Waals surface area contributed by atoms with Crippen LogP contribution >= 0.6 is 11.3 Å². The number of thiazole rings is 1. The summed E-state index contributed by atoms with van der Waals surface area (Å²) in [6.07, 6.45) is 3.53. The van der Waals surface area contributed by atoms with E-state index in [-0.39, 0.29) is 5.91 Å². The molecule has 0 saturated carbocycles. The molecule has 5 nitrogen and oxygen atoms in total. The summed E-state index contributed by atoms with van der Waals surface area (Å²) >= 11 is 1.52. The van der Waals surface area contributed by atoms with Gasteiger partial charge in [-0.3, -0.25) is 9.78 Å². The van der Waals surface area contributed by atoms with Gasteiger partial charge in [0.1, 0.15) is 0 Å². The molecule has 0 bridgehead atoms. The lowest BCUT2D eigenvalue weighted by Crippen LogP contribution is -2.05. The lowest BCUT2D eigenvalue weighted by atomic mass is 10.2. The molecule has 0 unspecified atom stereocenters. The predicted molar refractivity (Wildman–Crippen MR) is 89.4 cm³/mol. The third-order valence-corrected chi connectivity index (χ3v) is 3.65. The predicted octanol–water partition coefficient (Wildman–Crippen LogP) is 3.91. The van der Waals surface area contributed by atoms with Crippen LogP contribution in [0.3, 0.4) is 0 Å². The van der Waals surface area contributed by atoms with Gasteiger partial charge in [-0.05, 0) is 30.3 Å².